The highest BCUT2D eigenvalue weighted by Gasteiger charge is 1.99. The molecule has 0 aromatic rings. The normalized spacial score (nSPS) is 11.8. The maximum absolute atomic E-state index is 9.98. The number of nitrogens with one attached hydrogen (secondary N) is 1. The third-order valence-corrected chi connectivity index (χ3v) is 1.30. The van der Waals surface area contributed by atoms with Gasteiger partial charge in [0.25, 0.3) is 0 Å². The van der Waals surface area contributed by atoms with Gasteiger partial charge in [0, 0.05) is 13.2 Å². The van der Waals surface area contributed by atoms with Gasteiger partial charge in [0.15, 0.2) is 0 Å². The molecule has 0 saturated carbocycles. The summed E-state index contributed by atoms with van der Waals surface area (Å²) in [4.78, 5) is 0. The van der Waals surface area contributed by atoms with Crippen molar-refractivity contribution in [3.63, 3.8) is 0 Å². The molecule has 0 heterocycles. The lowest BCUT2D eigenvalue weighted by molar-refractivity contribution is 0.152. The third-order valence-electron chi connectivity index (χ3n) is 0.735. The van der Waals surface area contributed by atoms with Gasteiger partial charge in [-0.05, 0) is 6.92 Å². The van der Waals surface area contributed by atoms with Gasteiger partial charge < -0.3 is 4.74 Å². The highest BCUT2D eigenvalue weighted by molar-refractivity contribution is 7.83. The van der Waals surface area contributed by atoms with E-state index in [1.807, 2.05) is 4.72 Å². The lowest BCUT2D eigenvalue weighted by Gasteiger charge is -1.99. The Morgan fingerprint density at radius 1 is 1.60 bits per heavy atom. The van der Waals surface area contributed by atoms with E-state index in [2.05, 4.69) is 0 Å². The molecular formula is C4H11NO4S. The second-order valence-corrected chi connectivity index (χ2v) is 2.81. The minimum absolute atomic E-state index is 0.104. The zero-order valence-electron chi connectivity index (χ0n) is 5.70. The maximum Gasteiger partial charge on any atom is 0.333 e. The second kappa shape index (κ2) is 4.62. The van der Waals surface area contributed by atoms with Crippen LogP contribution in [0.5, 0.6) is 0 Å². The Kier molecular flexibility index (Phi) is 4.54. The lowest BCUT2D eigenvalue weighted by Crippen LogP contribution is -2.26. The Morgan fingerprint density at radius 2 is 2.20 bits per heavy atom. The van der Waals surface area contributed by atoms with Crippen molar-refractivity contribution < 1.29 is 17.7 Å². The Morgan fingerprint density at radius 3 is 2.60 bits per heavy atom. The molecule has 0 fully saturated rings. The summed E-state index contributed by atoms with van der Waals surface area (Å²) in [7, 11) is -4.03. The molecule has 0 aliphatic carbocycles. The van der Waals surface area contributed by atoms with Gasteiger partial charge in [-0.15, -0.1) is 0 Å². The van der Waals surface area contributed by atoms with Gasteiger partial charge in [-0.1, -0.05) is 0 Å². The van der Waals surface area contributed by atoms with E-state index in [0.29, 0.717) is 6.61 Å². The molecule has 0 unspecified atom stereocenters. The highest BCUT2D eigenvalue weighted by atomic mass is 32.2. The van der Waals surface area contributed by atoms with E-state index in [1.165, 1.54) is 0 Å². The van der Waals surface area contributed by atoms with Crippen LogP contribution in [0.2, 0.25) is 0 Å². The van der Waals surface area contributed by atoms with Crippen molar-refractivity contribution >= 4 is 10.3 Å². The van der Waals surface area contributed by atoms with E-state index in [0.717, 1.165) is 0 Å². The molecular weight excluding hydrogens is 158 g/mol. The lowest BCUT2D eigenvalue weighted by atomic mass is 10.7. The largest absolute Gasteiger partial charge is 0.380 e. The molecule has 0 aromatic heterocycles. The molecule has 0 aliphatic heterocycles. The standard InChI is InChI=1S/C4H11NO4S/c1-2-9-4-3-5-10(6,7)8/h5H,2-4H2,1H3,(H,6,7,8). The SMILES string of the molecule is CCOCCNS(=O)(=O)O. The summed E-state index contributed by atoms with van der Waals surface area (Å²) < 4.78 is 34.7. The first-order chi connectivity index (χ1) is 4.56. The van der Waals surface area contributed by atoms with E-state index in [9.17, 15) is 8.42 Å². The Hall–Kier alpha value is -0.170. The maximum atomic E-state index is 9.98. The van der Waals surface area contributed by atoms with Crippen LogP contribution in [0, 0.1) is 0 Å². The summed E-state index contributed by atoms with van der Waals surface area (Å²) in [6.45, 7) is 2.71. The van der Waals surface area contributed by atoms with Crippen LogP contribution in [-0.2, 0) is 15.0 Å². The third kappa shape index (κ3) is 7.83. The molecule has 0 radical (unpaired) electrons. The Balaban J connectivity index is 3.21. The number of rotatable bonds is 5. The van der Waals surface area contributed by atoms with Crippen LogP contribution in [-0.4, -0.2) is 32.7 Å². The smallest absolute Gasteiger partial charge is 0.333 e. The van der Waals surface area contributed by atoms with Crippen molar-refractivity contribution in [2.45, 2.75) is 6.92 Å². The molecule has 10 heavy (non-hydrogen) atoms. The quantitative estimate of drug-likeness (QED) is 0.426. The molecule has 5 nitrogen and oxygen atoms in total. The summed E-state index contributed by atoms with van der Waals surface area (Å²) in [6.07, 6.45) is 0. The summed E-state index contributed by atoms with van der Waals surface area (Å²) in [5.41, 5.74) is 0. The van der Waals surface area contributed by atoms with Crippen LogP contribution in [0.4, 0.5) is 0 Å². The van der Waals surface area contributed by atoms with E-state index in [-0.39, 0.29) is 13.2 Å². The molecule has 2 N–H and O–H groups in total. The number of ether oxygens (including phenoxy) is 1. The summed E-state index contributed by atoms with van der Waals surface area (Å²) in [5.74, 6) is 0. The Bertz CT molecular complexity index is 164. The number of hydrogen-bond acceptors (Lipinski definition) is 3. The van der Waals surface area contributed by atoms with Gasteiger partial charge in [-0.3, -0.25) is 4.55 Å². The van der Waals surface area contributed by atoms with Crippen LogP contribution in [0.3, 0.4) is 0 Å². The first kappa shape index (κ1) is 9.83. The first-order valence-electron chi connectivity index (χ1n) is 2.86. The molecule has 0 aliphatic rings. The van der Waals surface area contributed by atoms with E-state index >= 15 is 0 Å². The van der Waals surface area contributed by atoms with Crippen LogP contribution < -0.4 is 4.72 Å². The van der Waals surface area contributed by atoms with E-state index in [1.54, 1.807) is 6.92 Å². The fourth-order valence-electron chi connectivity index (χ4n) is 0.387. The zero-order valence-corrected chi connectivity index (χ0v) is 6.52. The molecule has 0 spiro atoms. The molecule has 0 rings (SSSR count). The summed E-state index contributed by atoms with van der Waals surface area (Å²) in [5, 5.41) is 0. The second-order valence-electron chi connectivity index (χ2n) is 1.57. The van der Waals surface area contributed by atoms with Gasteiger partial charge in [0.2, 0.25) is 0 Å². The Labute approximate surface area is 60.3 Å². The predicted octanol–water partition coefficient (Wildman–Crippen LogP) is -0.585. The van der Waals surface area contributed by atoms with Crippen molar-refractivity contribution in [3.05, 3.63) is 0 Å². The minimum atomic E-state index is -4.03. The summed E-state index contributed by atoms with van der Waals surface area (Å²) >= 11 is 0. The number of hydrogen-bond donors (Lipinski definition) is 2. The minimum Gasteiger partial charge on any atom is -0.380 e. The van der Waals surface area contributed by atoms with E-state index in [4.69, 9.17) is 9.29 Å². The zero-order chi connectivity index (χ0) is 8.04. The molecule has 0 atom stereocenters. The molecule has 0 bridgehead atoms. The van der Waals surface area contributed by atoms with Gasteiger partial charge in [-0.2, -0.15) is 13.1 Å². The van der Waals surface area contributed by atoms with Gasteiger partial charge in [0.1, 0.15) is 0 Å². The fourth-order valence-corrected chi connectivity index (χ4v) is 0.728. The molecule has 62 valence electrons. The monoisotopic (exact) mass is 169 g/mol. The average molecular weight is 169 g/mol. The van der Waals surface area contributed by atoms with Crippen molar-refractivity contribution in [1.29, 1.82) is 0 Å². The van der Waals surface area contributed by atoms with Crippen LogP contribution in [0.1, 0.15) is 6.92 Å². The molecule has 0 amide bonds. The van der Waals surface area contributed by atoms with Crippen molar-refractivity contribution in [1.82, 2.24) is 4.72 Å². The van der Waals surface area contributed by atoms with Crippen molar-refractivity contribution in [3.8, 4) is 0 Å². The molecule has 0 saturated heterocycles. The fraction of sp³-hybridized carbons (Fsp3) is 1.00. The van der Waals surface area contributed by atoms with Crippen LogP contribution in [0.15, 0.2) is 0 Å². The van der Waals surface area contributed by atoms with Gasteiger partial charge in [0.05, 0.1) is 6.61 Å². The predicted molar refractivity (Wildman–Crippen MR) is 36.0 cm³/mol. The first-order valence-corrected chi connectivity index (χ1v) is 4.30. The average Bonchev–Trinajstić information content (AvgIpc) is 1.78. The summed E-state index contributed by atoms with van der Waals surface area (Å²) in [6, 6.07) is 0. The highest BCUT2D eigenvalue weighted by Crippen LogP contribution is 1.74. The van der Waals surface area contributed by atoms with Crippen LogP contribution in [0.25, 0.3) is 0 Å². The van der Waals surface area contributed by atoms with Crippen molar-refractivity contribution in [2.24, 2.45) is 0 Å². The van der Waals surface area contributed by atoms with Crippen molar-refractivity contribution in [2.75, 3.05) is 19.8 Å². The molecule has 6 heteroatoms. The topological polar surface area (TPSA) is 75.6 Å². The van der Waals surface area contributed by atoms with E-state index < -0.39 is 10.3 Å². The molecule has 0 aromatic carbocycles. The van der Waals surface area contributed by atoms with Gasteiger partial charge >= 0.3 is 10.3 Å². The van der Waals surface area contributed by atoms with Crippen LogP contribution >= 0.6 is 0 Å². The van der Waals surface area contributed by atoms with Gasteiger partial charge in [-0.25, -0.2) is 0 Å².